The van der Waals surface area contributed by atoms with Gasteiger partial charge in [0.05, 0.1) is 0 Å². The van der Waals surface area contributed by atoms with E-state index in [4.69, 9.17) is 15.8 Å². The molecule has 0 bridgehead atoms. The van der Waals surface area contributed by atoms with Crippen LogP contribution in [0.5, 0.6) is 0 Å². The molecule has 0 radical (unpaired) electrons. The highest BCUT2D eigenvalue weighted by Crippen LogP contribution is 2.05. The van der Waals surface area contributed by atoms with E-state index >= 15 is 0 Å². The first kappa shape index (κ1) is 9.41. The number of oxime groups is 1. The van der Waals surface area contributed by atoms with Crippen molar-refractivity contribution in [2.75, 3.05) is 12.3 Å². The van der Waals surface area contributed by atoms with E-state index < -0.39 is 0 Å². The average Bonchev–Trinajstić information content (AvgIpc) is 2.51. The Labute approximate surface area is 78.8 Å². The van der Waals surface area contributed by atoms with E-state index in [9.17, 15) is 0 Å². The van der Waals surface area contributed by atoms with E-state index in [1.54, 1.807) is 6.07 Å². The lowest BCUT2D eigenvalue weighted by atomic mass is 10.4. The molecule has 0 amide bonds. The number of nitrogen functional groups attached to an aromatic ring is 1. The third kappa shape index (κ3) is 3.48. The van der Waals surface area contributed by atoms with Gasteiger partial charge in [0.1, 0.15) is 24.7 Å². The molecule has 0 aliphatic carbocycles. The molecule has 0 aromatic carbocycles. The summed E-state index contributed by atoms with van der Waals surface area (Å²) >= 11 is 1.14. The number of nitrogens with zero attached hydrogens (tertiary/aromatic N) is 4. The Morgan fingerprint density at radius 1 is 1.77 bits per heavy atom. The molecule has 1 aromatic heterocycles. The summed E-state index contributed by atoms with van der Waals surface area (Å²) in [5.74, 6) is 0.634. The van der Waals surface area contributed by atoms with Crippen LogP contribution in [0.25, 0.3) is 0 Å². The molecule has 0 atom stereocenters. The van der Waals surface area contributed by atoms with Crippen LogP contribution in [0.3, 0.4) is 0 Å². The summed E-state index contributed by atoms with van der Waals surface area (Å²) in [5, 5.41) is 11.8. The average molecular weight is 197 g/mol. The molecule has 7 heteroatoms. The fourth-order valence-corrected chi connectivity index (χ4v) is 1.10. The lowest BCUT2D eigenvalue weighted by Gasteiger charge is -1.92. The normalized spacial score (nSPS) is 10.1. The number of anilines is 1. The van der Waals surface area contributed by atoms with E-state index in [-0.39, 0.29) is 0 Å². The molecule has 1 aromatic rings. The molecule has 0 unspecified atom stereocenters. The predicted molar refractivity (Wildman–Crippen MR) is 48.1 cm³/mol. The van der Waals surface area contributed by atoms with Gasteiger partial charge in [-0.05, 0) is 0 Å². The van der Waals surface area contributed by atoms with Crippen LogP contribution in [0, 0.1) is 11.3 Å². The number of aromatic nitrogens is 2. The fraction of sp³-hybridized carbons (Fsp3) is 0.333. The molecule has 13 heavy (non-hydrogen) atoms. The number of nitriles is 1. The van der Waals surface area contributed by atoms with Crippen LogP contribution in [0.2, 0.25) is 0 Å². The van der Waals surface area contributed by atoms with Crippen LogP contribution in [0.4, 0.5) is 5.13 Å². The van der Waals surface area contributed by atoms with Crippen LogP contribution in [0.15, 0.2) is 5.16 Å². The van der Waals surface area contributed by atoms with Gasteiger partial charge in [0.2, 0.25) is 0 Å². The Kier molecular flexibility index (Phi) is 3.66. The first-order valence-corrected chi connectivity index (χ1v) is 4.21. The lowest BCUT2D eigenvalue weighted by molar-refractivity contribution is 0.148. The number of hydrogen-bond donors (Lipinski definition) is 1. The molecule has 68 valence electrons. The molecule has 0 saturated carbocycles. The van der Waals surface area contributed by atoms with E-state index in [0.29, 0.717) is 24.0 Å². The van der Waals surface area contributed by atoms with Crippen LogP contribution in [0.1, 0.15) is 5.82 Å². The van der Waals surface area contributed by atoms with Crippen molar-refractivity contribution in [3.05, 3.63) is 5.82 Å². The Morgan fingerprint density at radius 2 is 2.62 bits per heavy atom. The van der Waals surface area contributed by atoms with Gasteiger partial charge in [0.15, 0.2) is 5.13 Å². The summed E-state index contributed by atoms with van der Waals surface area (Å²) in [5.41, 5.74) is 5.36. The molecular formula is C6H7N5OS. The van der Waals surface area contributed by atoms with Crippen molar-refractivity contribution in [1.82, 2.24) is 9.36 Å². The molecule has 2 N–H and O–H groups in total. The Balaban J connectivity index is 2.21. The predicted octanol–water partition coefficient (Wildman–Crippen LogP) is 0.189. The second-order valence-electron chi connectivity index (χ2n) is 2.00. The van der Waals surface area contributed by atoms with E-state index in [0.717, 1.165) is 17.7 Å². The summed E-state index contributed by atoms with van der Waals surface area (Å²) in [4.78, 5) is 8.63. The highest BCUT2D eigenvalue weighted by Gasteiger charge is 1.99. The van der Waals surface area contributed by atoms with E-state index in [1.165, 1.54) is 0 Å². The Hall–Kier alpha value is -1.68. The zero-order chi connectivity index (χ0) is 9.52. The molecule has 1 rings (SSSR count). The summed E-state index contributed by atoms with van der Waals surface area (Å²) < 4.78 is 3.94. The molecule has 6 nitrogen and oxygen atoms in total. The summed E-state index contributed by atoms with van der Waals surface area (Å²) in [6.07, 6.45) is 1.55. The largest absolute Gasteiger partial charge is 0.395 e. The van der Waals surface area contributed by atoms with Gasteiger partial charge >= 0.3 is 0 Å². The molecule has 0 saturated heterocycles. The van der Waals surface area contributed by atoms with Gasteiger partial charge in [-0.25, -0.2) is 4.98 Å². The summed E-state index contributed by atoms with van der Waals surface area (Å²) in [6, 6.07) is 1.70. The van der Waals surface area contributed by atoms with Crippen molar-refractivity contribution in [3.63, 3.8) is 0 Å². The molecule has 0 aliphatic heterocycles. The number of nitrogens with two attached hydrogens (primary N) is 1. The van der Waals surface area contributed by atoms with E-state index in [1.807, 2.05) is 0 Å². The first-order chi connectivity index (χ1) is 6.33. The third-order valence-electron chi connectivity index (χ3n) is 1.09. The second kappa shape index (κ2) is 5.05. The van der Waals surface area contributed by atoms with Crippen molar-refractivity contribution in [1.29, 1.82) is 5.26 Å². The van der Waals surface area contributed by atoms with Gasteiger partial charge in [-0.3, -0.25) is 0 Å². The van der Waals surface area contributed by atoms with Gasteiger partial charge in [0.25, 0.3) is 0 Å². The Bertz CT molecular complexity index is 328. The summed E-state index contributed by atoms with van der Waals surface area (Å²) in [7, 11) is 0. The quantitative estimate of drug-likeness (QED) is 0.422. The van der Waals surface area contributed by atoms with E-state index in [2.05, 4.69) is 14.5 Å². The maximum absolute atomic E-state index is 8.07. The topological polar surface area (TPSA) is 97.2 Å². The minimum absolute atomic E-state index is 0.342. The van der Waals surface area contributed by atoms with Crippen molar-refractivity contribution in [2.45, 2.75) is 6.42 Å². The van der Waals surface area contributed by atoms with Crippen molar-refractivity contribution in [3.8, 4) is 6.07 Å². The first-order valence-electron chi connectivity index (χ1n) is 3.44. The van der Waals surface area contributed by atoms with Crippen LogP contribution in [-0.4, -0.2) is 22.2 Å². The summed E-state index contributed by atoms with van der Waals surface area (Å²) in [6.45, 7) is 0.342. The maximum atomic E-state index is 8.07. The second-order valence-corrected chi connectivity index (χ2v) is 2.78. The highest BCUT2D eigenvalue weighted by atomic mass is 32.1. The monoisotopic (exact) mass is 197 g/mol. The SMILES string of the molecule is N#CC=NOCCc1nsc(N)n1. The lowest BCUT2D eigenvalue weighted by Crippen LogP contribution is -1.96. The molecule has 0 fully saturated rings. The van der Waals surface area contributed by atoms with Crippen molar-refractivity contribution >= 4 is 22.9 Å². The molecule has 0 spiro atoms. The zero-order valence-corrected chi connectivity index (χ0v) is 7.49. The van der Waals surface area contributed by atoms with Gasteiger partial charge in [0, 0.05) is 18.0 Å². The van der Waals surface area contributed by atoms with Crippen molar-refractivity contribution < 1.29 is 4.84 Å². The Morgan fingerprint density at radius 3 is 3.23 bits per heavy atom. The third-order valence-corrected chi connectivity index (χ3v) is 1.67. The number of rotatable bonds is 4. The highest BCUT2D eigenvalue weighted by molar-refractivity contribution is 7.09. The van der Waals surface area contributed by atoms with Gasteiger partial charge < -0.3 is 10.6 Å². The molecule has 1 heterocycles. The number of hydrogen-bond acceptors (Lipinski definition) is 7. The molecule has 0 aliphatic rings. The van der Waals surface area contributed by atoms with Gasteiger partial charge in [-0.2, -0.15) is 9.64 Å². The zero-order valence-electron chi connectivity index (χ0n) is 6.67. The van der Waals surface area contributed by atoms with Gasteiger partial charge in [-0.1, -0.05) is 5.16 Å². The maximum Gasteiger partial charge on any atom is 0.199 e. The fourth-order valence-electron chi connectivity index (χ4n) is 0.619. The van der Waals surface area contributed by atoms with Crippen LogP contribution in [-0.2, 0) is 11.3 Å². The smallest absolute Gasteiger partial charge is 0.199 e. The minimum Gasteiger partial charge on any atom is -0.395 e. The van der Waals surface area contributed by atoms with Crippen molar-refractivity contribution in [2.24, 2.45) is 5.16 Å². The molecular weight excluding hydrogens is 190 g/mol. The van der Waals surface area contributed by atoms with Crippen LogP contribution < -0.4 is 5.73 Å². The van der Waals surface area contributed by atoms with Crippen LogP contribution >= 0.6 is 11.5 Å². The van der Waals surface area contributed by atoms with Gasteiger partial charge in [-0.15, -0.1) is 0 Å². The minimum atomic E-state index is 0.342. The standard InChI is InChI=1S/C6H7N5OS/c7-2-3-9-12-4-1-5-10-6(8)13-11-5/h3H,1,4H2,(H2,8,10,11).